The quantitative estimate of drug-likeness (QED) is 0.751. The first-order chi connectivity index (χ1) is 8.63. The Balaban J connectivity index is 2.01. The molecule has 2 aromatic rings. The molecule has 6 heteroatoms. The summed E-state index contributed by atoms with van der Waals surface area (Å²) in [7, 11) is 0. The molecule has 0 fully saturated rings. The van der Waals surface area contributed by atoms with Crippen LogP contribution in [0.15, 0.2) is 41.2 Å². The van der Waals surface area contributed by atoms with Crippen LogP contribution in [0.5, 0.6) is 0 Å². The summed E-state index contributed by atoms with van der Waals surface area (Å²) >= 11 is 0. The molecular formula is C12H12N4O2. The average Bonchev–Trinajstić information content (AvgIpc) is 2.32. The standard InChI is InChI=1S/C12H12N4O2/c1-8-3-2-4-9(7-8)13-12(18)14-10-5-6-11(17)16-15-10/h2-7H,1H3,(H,16,17)(H2,13,14,15,18). The van der Waals surface area contributed by atoms with Crippen molar-refractivity contribution in [2.75, 3.05) is 10.6 Å². The smallest absolute Gasteiger partial charge is 0.308 e. The number of aromatic nitrogens is 2. The zero-order valence-corrected chi connectivity index (χ0v) is 9.73. The van der Waals surface area contributed by atoms with E-state index >= 15 is 0 Å². The first-order valence-corrected chi connectivity index (χ1v) is 5.34. The lowest BCUT2D eigenvalue weighted by atomic mass is 10.2. The maximum absolute atomic E-state index is 11.6. The molecular weight excluding hydrogens is 232 g/mol. The molecule has 2 rings (SSSR count). The predicted octanol–water partition coefficient (Wildman–Crippen LogP) is 1.72. The summed E-state index contributed by atoms with van der Waals surface area (Å²) in [6, 6.07) is 9.71. The maximum atomic E-state index is 11.6. The Bertz CT molecular complexity index is 601. The number of hydrogen-bond donors (Lipinski definition) is 3. The average molecular weight is 244 g/mol. The number of carbonyl (C=O) groups is 1. The van der Waals surface area contributed by atoms with Gasteiger partial charge in [-0.1, -0.05) is 12.1 Å². The van der Waals surface area contributed by atoms with Crippen molar-refractivity contribution < 1.29 is 4.79 Å². The van der Waals surface area contributed by atoms with E-state index in [0.29, 0.717) is 5.69 Å². The van der Waals surface area contributed by atoms with Crippen molar-refractivity contribution >= 4 is 17.5 Å². The van der Waals surface area contributed by atoms with Gasteiger partial charge < -0.3 is 5.32 Å². The van der Waals surface area contributed by atoms with Gasteiger partial charge in [0.05, 0.1) is 0 Å². The first-order valence-electron chi connectivity index (χ1n) is 5.34. The Morgan fingerprint density at radius 3 is 2.72 bits per heavy atom. The fourth-order valence-corrected chi connectivity index (χ4v) is 1.42. The van der Waals surface area contributed by atoms with E-state index in [-0.39, 0.29) is 11.4 Å². The number of rotatable bonds is 2. The summed E-state index contributed by atoms with van der Waals surface area (Å²) in [5.74, 6) is 0.278. The van der Waals surface area contributed by atoms with Crippen LogP contribution in [-0.2, 0) is 0 Å². The third kappa shape index (κ3) is 3.18. The van der Waals surface area contributed by atoms with Crippen LogP contribution in [0.3, 0.4) is 0 Å². The van der Waals surface area contributed by atoms with Gasteiger partial charge in [-0.15, -0.1) is 0 Å². The van der Waals surface area contributed by atoms with E-state index in [1.54, 1.807) is 6.07 Å². The number of nitrogens with one attached hydrogen (secondary N) is 3. The number of nitrogens with zero attached hydrogens (tertiary/aromatic N) is 1. The normalized spacial score (nSPS) is 9.83. The van der Waals surface area contributed by atoms with E-state index in [1.807, 2.05) is 25.1 Å². The number of amides is 2. The summed E-state index contributed by atoms with van der Waals surface area (Å²) in [5.41, 5.74) is 1.42. The van der Waals surface area contributed by atoms with Crippen molar-refractivity contribution in [2.45, 2.75) is 6.92 Å². The van der Waals surface area contributed by atoms with Gasteiger partial charge in [0.25, 0.3) is 5.56 Å². The summed E-state index contributed by atoms with van der Waals surface area (Å²) in [5, 5.41) is 11.1. The summed E-state index contributed by atoms with van der Waals surface area (Å²) in [4.78, 5) is 22.4. The highest BCUT2D eigenvalue weighted by atomic mass is 16.2. The molecule has 0 aliphatic heterocycles. The van der Waals surface area contributed by atoms with Gasteiger partial charge in [-0.25, -0.2) is 9.89 Å². The summed E-state index contributed by atoms with van der Waals surface area (Å²) < 4.78 is 0. The fourth-order valence-electron chi connectivity index (χ4n) is 1.42. The van der Waals surface area contributed by atoms with Gasteiger partial charge in [-0.05, 0) is 30.7 Å². The molecule has 0 radical (unpaired) electrons. The van der Waals surface area contributed by atoms with Crippen LogP contribution in [-0.4, -0.2) is 16.2 Å². The van der Waals surface area contributed by atoms with Gasteiger partial charge in [-0.2, -0.15) is 5.10 Å². The van der Waals surface area contributed by atoms with Gasteiger partial charge in [0.2, 0.25) is 0 Å². The Morgan fingerprint density at radius 2 is 2.06 bits per heavy atom. The molecule has 0 unspecified atom stereocenters. The number of hydrogen-bond acceptors (Lipinski definition) is 3. The molecule has 0 atom stereocenters. The number of aryl methyl sites for hydroxylation is 1. The molecule has 18 heavy (non-hydrogen) atoms. The largest absolute Gasteiger partial charge is 0.324 e. The van der Waals surface area contributed by atoms with Crippen LogP contribution in [0.25, 0.3) is 0 Å². The van der Waals surface area contributed by atoms with Crippen LogP contribution < -0.4 is 16.2 Å². The van der Waals surface area contributed by atoms with Gasteiger partial charge >= 0.3 is 6.03 Å². The van der Waals surface area contributed by atoms with E-state index in [4.69, 9.17) is 0 Å². The number of aromatic amines is 1. The second kappa shape index (κ2) is 5.13. The second-order valence-corrected chi connectivity index (χ2v) is 3.76. The van der Waals surface area contributed by atoms with Crippen molar-refractivity contribution in [3.8, 4) is 0 Å². The molecule has 6 nitrogen and oxygen atoms in total. The minimum atomic E-state index is -0.417. The molecule has 0 bridgehead atoms. The Morgan fingerprint density at radius 1 is 1.22 bits per heavy atom. The highest BCUT2D eigenvalue weighted by molar-refractivity contribution is 5.99. The van der Waals surface area contributed by atoms with Gasteiger partial charge in [0, 0.05) is 11.8 Å². The summed E-state index contributed by atoms with van der Waals surface area (Å²) in [6.07, 6.45) is 0. The molecule has 1 aromatic heterocycles. The molecule has 0 saturated heterocycles. The zero-order valence-electron chi connectivity index (χ0n) is 9.73. The van der Waals surface area contributed by atoms with Crippen molar-refractivity contribution in [2.24, 2.45) is 0 Å². The highest BCUT2D eigenvalue weighted by Gasteiger charge is 2.03. The molecule has 1 aromatic carbocycles. The van der Waals surface area contributed by atoms with Crippen molar-refractivity contribution in [1.29, 1.82) is 0 Å². The van der Waals surface area contributed by atoms with Crippen molar-refractivity contribution in [3.05, 3.63) is 52.3 Å². The second-order valence-electron chi connectivity index (χ2n) is 3.76. The van der Waals surface area contributed by atoms with Crippen molar-refractivity contribution in [1.82, 2.24) is 10.2 Å². The molecule has 2 amide bonds. The van der Waals surface area contributed by atoms with Crippen LogP contribution in [0.1, 0.15) is 5.56 Å². The number of anilines is 2. The lowest BCUT2D eigenvalue weighted by Gasteiger charge is -2.06. The molecule has 3 N–H and O–H groups in total. The monoisotopic (exact) mass is 244 g/mol. The number of H-pyrrole nitrogens is 1. The molecule has 0 saturated carbocycles. The molecule has 0 aliphatic rings. The lowest BCUT2D eigenvalue weighted by Crippen LogP contribution is -2.21. The van der Waals surface area contributed by atoms with Gasteiger partial charge in [0.15, 0.2) is 5.82 Å². The van der Waals surface area contributed by atoms with Crippen LogP contribution >= 0.6 is 0 Å². The van der Waals surface area contributed by atoms with Crippen molar-refractivity contribution in [3.63, 3.8) is 0 Å². The van der Waals surface area contributed by atoms with Crippen LogP contribution in [0.2, 0.25) is 0 Å². The van der Waals surface area contributed by atoms with E-state index in [9.17, 15) is 9.59 Å². The van der Waals surface area contributed by atoms with E-state index in [2.05, 4.69) is 20.8 Å². The minimum Gasteiger partial charge on any atom is -0.308 e. The number of benzene rings is 1. The molecule has 92 valence electrons. The van der Waals surface area contributed by atoms with Gasteiger partial charge in [0.1, 0.15) is 0 Å². The topological polar surface area (TPSA) is 86.9 Å². The SMILES string of the molecule is Cc1cccc(NC(=O)Nc2ccc(=O)[nH]n2)c1. The zero-order chi connectivity index (χ0) is 13.0. The van der Waals surface area contributed by atoms with E-state index in [1.165, 1.54) is 12.1 Å². The van der Waals surface area contributed by atoms with Crippen LogP contribution in [0, 0.1) is 6.92 Å². The maximum Gasteiger partial charge on any atom is 0.324 e. The Kier molecular flexibility index (Phi) is 3.38. The minimum absolute atomic E-state index is 0.278. The molecule has 0 spiro atoms. The van der Waals surface area contributed by atoms with E-state index < -0.39 is 6.03 Å². The third-order valence-corrected chi connectivity index (χ3v) is 2.20. The lowest BCUT2D eigenvalue weighted by molar-refractivity contribution is 0.262. The molecule has 0 aliphatic carbocycles. The fraction of sp³-hybridized carbons (Fsp3) is 0.0833. The van der Waals surface area contributed by atoms with Gasteiger partial charge in [-0.3, -0.25) is 10.1 Å². The Hall–Kier alpha value is -2.63. The predicted molar refractivity (Wildman–Crippen MR) is 68.7 cm³/mol. The number of urea groups is 1. The Labute approximate surface area is 103 Å². The van der Waals surface area contributed by atoms with E-state index in [0.717, 1.165) is 5.56 Å². The first kappa shape index (κ1) is 11.8. The summed E-state index contributed by atoms with van der Waals surface area (Å²) in [6.45, 7) is 1.94. The molecule has 1 heterocycles. The van der Waals surface area contributed by atoms with Crippen LogP contribution in [0.4, 0.5) is 16.3 Å². The third-order valence-electron chi connectivity index (χ3n) is 2.20. The highest BCUT2D eigenvalue weighted by Crippen LogP contribution is 2.09. The number of carbonyl (C=O) groups excluding carboxylic acids is 1.